The number of hydrogen-bond donors (Lipinski definition) is 1. The molecule has 96 valence electrons. The van der Waals surface area contributed by atoms with Gasteiger partial charge in [-0.1, -0.05) is 18.2 Å². The Balaban J connectivity index is 2.35. The molecule has 1 aromatic carbocycles. The van der Waals surface area contributed by atoms with E-state index in [0.717, 1.165) is 36.2 Å². The van der Waals surface area contributed by atoms with Gasteiger partial charge < -0.3 is 5.11 Å². The first-order valence-corrected chi connectivity index (χ1v) is 6.25. The van der Waals surface area contributed by atoms with Crippen LogP contribution in [0.4, 0.5) is 0 Å². The molecule has 1 heterocycles. The maximum Gasteiger partial charge on any atom is 0.341 e. The van der Waals surface area contributed by atoms with E-state index >= 15 is 0 Å². The zero-order chi connectivity index (χ0) is 13.4. The Bertz CT molecular complexity index is 701. The zero-order valence-corrected chi connectivity index (χ0v) is 10.3. The van der Waals surface area contributed by atoms with Gasteiger partial charge in [0.15, 0.2) is 0 Å². The van der Waals surface area contributed by atoms with Crippen molar-refractivity contribution in [3.8, 4) is 5.69 Å². The standard InChI is InChI=1S/C15H13NO3/c17-14-12(15(18)19)9-10-5-4-8-13(10)16(14)11-6-2-1-3-7-11/h1-3,6-7,9H,4-5,8H2,(H,18,19). The minimum atomic E-state index is -1.16. The van der Waals surface area contributed by atoms with E-state index < -0.39 is 11.5 Å². The third-order valence-corrected chi connectivity index (χ3v) is 3.50. The largest absolute Gasteiger partial charge is 0.477 e. The van der Waals surface area contributed by atoms with Crippen molar-refractivity contribution in [2.75, 3.05) is 0 Å². The second-order valence-corrected chi connectivity index (χ2v) is 4.66. The van der Waals surface area contributed by atoms with Gasteiger partial charge in [-0.05, 0) is 43.0 Å². The molecule has 1 aliphatic rings. The number of para-hydroxylation sites is 1. The van der Waals surface area contributed by atoms with Crippen LogP contribution >= 0.6 is 0 Å². The summed E-state index contributed by atoms with van der Waals surface area (Å²) in [4.78, 5) is 23.5. The van der Waals surface area contributed by atoms with E-state index in [0.29, 0.717) is 0 Å². The van der Waals surface area contributed by atoms with Crippen LogP contribution in [0.5, 0.6) is 0 Å². The number of carboxylic acids is 1. The Hall–Kier alpha value is -2.36. The van der Waals surface area contributed by atoms with Crippen molar-refractivity contribution in [3.05, 3.63) is 63.6 Å². The number of hydrogen-bond acceptors (Lipinski definition) is 2. The maximum atomic E-state index is 12.4. The molecule has 0 spiro atoms. The van der Waals surface area contributed by atoms with Gasteiger partial charge in [0, 0.05) is 11.4 Å². The average molecular weight is 255 g/mol. The topological polar surface area (TPSA) is 59.3 Å². The highest BCUT2D eigenvalue weighted by Gasteiger charge is 2.22. The van der Waals surface area contributed by atoms with Crippen LogP contribution in [0.25, 0.3) is 5.69 Å². The third-order valence-electron chi connectivity index (χ3n) is 3.50. The summed E-state index contributed by atoms with van der Waals surface area (Å²) in [5, 5.41) is 9.15. The van der Waals surface area contributed by atoms with Crippen LogP contribution < -0.4 is 5.56 Å². The number of carbonyl (C=O) groups is 1. The molecular formula is C15H13NO3. The SMILES string of the molecule is O=C(O)c1cc2c(n(-c3ccccc3)c1=O)CCC2. The van der Waals surface area contributed by atoms with Crippen molar-refractivity contribution >= 4 is 5.97 Å². The highest BCUT2D eigenvalue weighted by Crippen LogP contribution is 2.23. The van der Waals surface area contributed by atoms with Crippen LogP contribution in [0.15, 0.2) is 41.2 Å². The molecule has 0 saturated heterocycles. The summed E-state index contributed by atoms with van der Waals surface area (Å²) in [7, 11) is 0. The minimum Gasteiger partial charge on any atom is -0.477 e. The maximum absolute atomic E-state index is 12.4. The summed E-state index contributed by atoms with van der Waals surface area (Å²) >= 11 is 0. The lowest BCUT2D eigenvalue weighted by molar-refractivity contribution is 0.0694. The van der Waals surface area contributed by atoms with Crippen LogP contribution in [0.3, 0.4) is 0 Å². The number of aromatic nitrogens is 1. The second-order valence-electron chi connectivity index (χ2n) is 4.66. The van der Waals surface area contributed by atoms with Gasteiger partial charge in [0.2, 0.25) is 0 Å². The predicted octanol–water partition coefficient (Wildman–Crippen LogP) is 2.02. The number of pyridine rings is 1. The summed E-state index contributed by atoms with van der Waals surface area (Å²) in [6.45, 7) is 0. The molecule has 0 amide bonds. The number of fused-ring (bicyclic) bond motifs is 1. The monoisotopic (exact) mass is 255 g/mol. The van der Waals surface area contributed by atoms with Crippen molar-refractivity contribution in [2.24, 2.45) is 0 Å². The van der Waals surface area contributed by atoms with E-state index in [1.54, 1.807) is 4.57 Å². The molecule has 19 heavy (non-hydrogen) atoms. The average Bonchev–Trinajstić information content (AvgIpc) is 2.86. The lowest BCUT2D eigenvalue weighted by Crippen LogP contribution is -2.27. The molecule has 1 aliphatic carbocycles. The fourth-order valence-electron chi connectivity index (χ4n) is 2.64. The van der Waals surface area contributed by atoms with Crippen LogP contribution in [-0.2, 0) is 12.8 Å². The summed E-state index contributed by atoms with van der Waals surface area (Å²) < 4.78 is 1.55. The van der Waals surface area contributed by atoms with Gasteiger partial charge in [0.25, 0.3) is 5.56 Å². The molecule has 1 N–H and O–H groups in total. The lowest BCUT2D eigenvalue weighted by atomic mass is 10.1. The fourth-order valence-corrected chi connectivity index (χ4v) is 2.64. The molecular weight excluding hydrogens is 242 g/mol. The Morgan fingerprint density at radius 2 is 1.89 bits per heavy atom. The summed E-state index contributed by atoms with van der Waals surface area (Å²) in [5.74, 6) is -1.16. The van der Waals surface area contributed by atoms with Gasteiger partial charge in [-0.15, -0.1) is 0 Å². The van der Waals surface area contributed by atoms with E-state index in [1.807, 2.05) is 30.3 Å². The second kappa shape index (κ2) is 4.39. The first-order valence-electron chi connectivity index (χ1n) is 6.25. The summed E-state index contributed by atoms with van der Waals surface area (Å²) in [6, 6.07) is 10.7. The lowest BCUT2D eigenvalue weighted by Gasteiger charge is -2.13. The number of benzene rings is 1. The quantitative estimate of drug-likeness (QED) is 0.893. The molecule has 3 rings (SSSR count). The summed E-state index contributed by atoms with van der Waals surface area (Å²) in [5.41, 5.74) is 2.06. The van der Waals surface area contributed by atoms with E-state index in [1.165, 1.54) is 6.07 Å². The van der Waals surface area contributed by atoms with Gasteiger partial charge in [-0.3, -0.25) is 9.36 Å². The van der Waals surface area contributed by atoms with Gasteiger partial charge in [-0.25, -0.2) is 4.79 Å². The van der Waals surface area contributed by atoms with Crippen molar-refractivity contribution in [2.45, 2.75) is 19.3 Å². The Kier molecular flexibility index (Phi) is 2.71. The molecule has 1 aromatic heterocycles. The first-order chi connectivity index (χ1) is 9.18. The number of carboxylic acid groups (broad SMARTS) is 1. The number of aromatic carboxylic acids is 1. The van der Waals surface area contributed by atoms with Crippen molar-refractivity contribution in [1.82, 2.24) is 4.57 Å². The molecule has 4 heteroatoms. The highest BCUT2D eigenvalue weighted by atomic mass is 16.4. The van der Waals surface area contributed by atoms with Gasteiger partial charge in [0.05, 0.1) is 0 Å². The van der Waals surface area contributed by atoms with Crippen molar-refractivity contribution in [1.29, 1.82) is 0 Å². The van der Waals surface area contributed by atoms with E-state index in [9.17, 15) is 9.59 Å². The normalized spacial score (nSPS) is 13.3. The summed E-state index contributed by atoms with van der Waals surface area (Å²) in [6.07, 6.45) is 2.62. The Morgan fingerprint density at radius 1 is 1.16 bits per heavy atom. The molecule has 0 fully saturated rings. The fraction of sp³-hybridized carbons (Fsp3) is 0.200. The van der Waals surface area contributed by atoms with Crippen LogP contribution in [0, 0.1) is 0 Å². The molecule has 0 radical (unpaired) electrons. The van der Waals surface area contributed by atoms with Crippen LogP contribution in [0.1, 0.15) is 28.0 Å². The molecule has 0 bridgehead atoms. The molecule has 0 unspecified atom stereocenters. The number of rotatable bonds is 2. The highest BCUT2D eigenvalue weighted by molar-refractivity contribution is 5.87. The predicted molar refractivity (Wildman–Crippen MR) is 71.0 cm³/mol. The molecule has 4 nitrogen and oxygen atoms in total. The number of nitrogens with zero attached hydrogens (tertiary/aromatic N) is 1. The Morgan fingerprint density at radius 3 is 2.58 bits per heavy atom. The van der Waals surface area contributed by atoms with E-state index in [2.05, 4.69) is 0 Å². The minimum absolute atomic E-state index is 0.149. The Labute approximate surface area is 109 Å². The van der Waals surface area contributed by atoms with Gasteiger partial charge in [-0.2, -0.15) is 0 Å². The molecule has 0 aliphatic heterocycles. The zero-order valence-electron chi connectivity index (χ0n) is 10.3. The smallest absolute Gasteiger partial charge is 0.341 e. The number of aryl methyl sites for hydroxylation is 1. The molecule has 2 aromatic rings. The third kappa shape index (κ3) is 1.85. The van der Waals surface area contributed by atoms with E-state index in [4.69, 9.17) is 5.11 Å². The molecule has 0 atom stereocenters. The van der Waals surface area contributed by atoms with Crippen LogP contribution in [0.2, 0.25) is 0 Å². The van der Waals surface area contributed by atoms with Crippen LogP contribution in [-0.4, -0.2) is 15.6 Å². The van der Waals surface area contributed by atoms with Crippen molar-refractivity contribution < 1.29 is 9.90 Å². The van der Waals surface area contributed by atoms with E-state index in [-0.39, 0.29) is 5.56 Å². The van der Waals surface area contributed by atoms with Gasteiger partial charge >= 0.3 is 5.97 Å². The first kappa shape index (κ1) is 11.7. The van der Waals surface area contributed by atoms with Crippen molar-refractivity contribution in [3.63, 3.8) is 0 Å². The van der Waals surface area contributed by atoms with Gasteiger partial charge in [0.1, 0.15) is 5.56 Å². The molecule has 0 saturated carbocycles.